The molecule has 19 heavy (non-hydrogen) atoms. The zero-order valence-electron chi connectivity index (χ0n) is 10.2. The van der Waals surface area contributed by atoms with Crippen LogP contribution in [0.1, 0.15) is 18.4 Å². The number of aromatic nitrogens is 1. The number of rotatable bonds is 1. The molecular weight excluding hydrogens is 259 g/mol. The molecule has 0 amide bonds. The van der Waals surface area contributed by atoms with Crippen LogP contribution in [0.15, 0.2) is 12.1 Å². The number of nitrogens with two attached hydrogens (primary N) is 1. The maximum atomic E-state index is 12.8. The van der Waals surface area contributed by atoms with Crippen LogP contribution in [0.5, 0.6) is 0 Å². The Labute approximate surface area is 108 Å². The number of pyridine rings is 1. The Balaban J connectivity index is 1.90. The topological polar surface area (TPSA) is 51.4 Å². The molecule has 2 saturated heterocycles. The van der Waals surface area contributed by atoms with E-state index in [9.17, 15) is 13.2 Å². The third kappa shape index (κ3) is 2.47. The first-order chi connectivity index (χ1) is 8.91. The van der Waals surface area contributed by atoms with Gasteiger partial charge >= 0.3 is 6.18 Å². The van der Waals surface area contributed by atoms with Gasteiger partial charge in [0.25, 0.3) is 0 Å². The van der Waals surface area contributed by atoms with Gasteiger partial charge in [-0.2, -0.15) is 13.2 Å². The fourth-order valence-corrected chi connectivity index (χ4v) is 2.66. The number of hydrogen-bond acceptors (Lipinski definition) is 4. The molecule has 104 valence electrons. The summed E-state index contributed by atoms with van der Waals surface area (Å²) in [6, 6.07) is 1.92. The van der Waals surface area contributed by atoms with Gasteiger partial charge in [-0.3, -0.25) is 0 Å². The lowest BCUT2D eigenvalue weighted by atomic mass is 10.2. The second-order valence-corrected chi connectivity index (χ2v) is 5.00. The molecule has 0 saturated carbocycles. The molecule has 4 nitrogen and oxygen atoms in total. The highest BCUT2D eigenvalue weighted by molar-refractivity contribution is 5.50. The lowest BCUT2D eigenvalue weighted by molar-refractivity contribution is -0.137. The largest absolute Gasteiger partial charge is 0.416 e. The fourth-order valence-electron chi connectivity index (χ4n) is 2.66. The van der Waals surface area contributed by atoms with Crippen molar-refractivity contribution in [3.05, 3.63) is 17.7 Å². The number of halogens is 3. The van der Waals surface area contributed by atoms with E-state index in [0.717, 1.165) is 25.0 Å². The van der Waals surface area contributed by atoms with Crippen molar-refractivity contribution in [2.75, 3.05) is 23.7 Å². The Morgan fingerprint density at radius 1 is 1.21 bits per heavy atom. The number of nitrogens with zero attached hydrogens (tertiary/aromatic N) is 2. The quantitative estimate of drug-likeness (QED) is 0.851. The summed E-state index contributed by atoms with van der Waals surface area (Å²) in [7, 11) is 0. The molecule has 3 rings (SSSR count). The van der Waals surface area contributed by atoms with E-state index < -0.39 is 11.7 Å². The van der Waals surface area contributed by atoms with Crippen LogP contribution >= 0.6 is 0 Å². The predicted molar refractivity (Wildman–Crippen MR) is 63.8 cm³/mol. The number of alkyl halides is 3. The van der Waals surface area contributed by atoms with Gasteiger partial charge in [0.2, 0.25) is 0 Å². The van der Waals surface area contributed by atoms with Crippen molar-refractivity contribution < 1.29 is 17.9 Å². The van der Waals surface area contributed by atoms with E-state index in [1.807, 2.05) is 4.90 Å². The Bertz CT molecular complexity index is 480. The molecule has 7 heteroatoms. The molecule has 3 heterocycles. The molecular formula is C12H14F3N3O. The molecule has 2 N–H and O–H groups in total. The first-order valence-electron chi connectivity index (χ1n) is 6.17. The van der Waals surface area contributed by atoms with E-state index in [4.69, 9.17) is 10.5 Å². The van der Waals surface area contributed by atoms with Gasteiger partial charge in [0.15, 0.2) is 0 Å². The van der Waals surface area contributed by atoms with Crippen LogP contribution < -0.4 is 10.6 Å². The van der Waals surface area contributed by atoms with Crippen LogP contribution in [0.3, 0.4) is 0 Å². The molecule has 1 aromatic rings. The highest BCUT2D eigenvalue weighted by Gasteiger charge is 2.36. The van der Waals surface area contributed by atoms with Crippen LogP contribution in [0.25, 0.3) is 0 Å². The number of hydrogen-bond donors (Lipinski definition) is 1. The summed E-state index contributed by atoms with van der Waals surface area (Å²) in [6.45, 7) is 1.15. The van der Waals surface area contributed by atoms with E-state index in [1.54, 1.807) is 0 Å². The van der Waals surface area contributed by atoms with Crippen molar-refractivity contribution in [3.63, 3.8) is 0 Å². The monoisotopic (exact) mass is 273 g/mol. The Morgan fingerprint density at radius 2 is 1.84 bits per heavy atom. The number of ether oxygens (including phenoxy) is 1. The molecule has 2 fully saturated rings. The SMILES string of the molecule is Nc1cc(C(F)(F)F)cc(N2CC3CCC(C2)O3)n1. The van der Waals surface area contributed by atoms with Crippen molar-refractivity contribution >= 4 is 11.6 Å². The lowest BCUT2D eigenvalue weighted by Crippen LogP contribution is -2.43. The molecule has 0 radical (unpaired) electrons. The van der Waals surface area contributed by atoms with Crippen molar-refractivity contribution in [1.82, 2.24) is 4.98 Å². The molecule has 1 aromatic heterocycles. The summed E-state index contributed by atoms with van der Waals surface area (Å²) in [6.07, 6.45) is -2.31. The molecule has 0 spiro atoms. The maximum absolute atomic E-state index is 12.8. The Morgan fingerprint density at radius 3 is 2.42 bits per heavy atom. The van der Waals surface area contributed by atoms with E-state index in [2.05, 4.69) is 4.98 Å². The molecule has 2 aliphatic rings. The summed E-state index contributed by atoms with van der Waals surface area (Å²) in [5.74, 6) is 0.177. The number of fused-ring (bicyclic) bond motifs is 2. The van der Waals surface area contributed by atoms with Crippen molar-refractivity contribution in [2.45, 2.75) is 31.2 Å². The van der Waals surface area contributed by atoms with Crippen LogP contribution in [-0.2, 0) is 10.9 Å². The summed E-state index contributed by atoms with van der Waals surface area (Å²) in [4.78, 5) is 5.85. The third-order valence-corrected chi connectivity index (χ3v) is 3.53. The van der Waals surface area contributed by atoms with Gasteiger partial charge in [-0.1, -0.05) is 0 Å². The first-order valence-corrected chi connectivity index (χ1v) is 6.17. The molecule has 2 atom stereocenters. The van der Waals surface area contributed by atoms with E-state index in [0.29, 0.717) is 13.1 Å². The number of anilines is 2. The van der Waals surface area contributed by atoms with Gasteiger partial charge < -0.3 is 15.4 Å². The van der Waals surface area contributed by atoms with Gasteiger partial charge in [-0.25, -0.2) is 4.98 Å². The van der Waals surface area contributed by atoms with Gasteiger partial charge in [0.1, 0.15) is 11.6 Å². The molecule has 0 aliphatic carbocycles. The first kappa shape index (κ1) is 12.5. The van der Waals surface area contributed by atoms with E-state index >= 15 is 0 Å². The highest BCUT2D eigenvalue weighted by atomic mass is 19.4. The highest BCUT2D eigenvalue weighted by Crippen LogP contribution is 2.34. The predicted octanol–water partition coefficient (Wildman–Crippen LogP) is 2.05. The minimum absolute atomic E-state index is 0.0938. The number of nitrogen functional groups attached to an aromatic ring is 1. The minimum atomic E-state index is -4.41. The van der Waals surface area contributed by atoms with Gasteiger partial charge in [0, 0.05) is 13.1 Å². The van der Waals surface area contributed by atoms with Crippen molar-refractivity contribution in [3.8, 4) is 0 Å². The van der Waals surface area contributed by atoms with Crippen molar-refractivity contribution in [1.29, 1.82) is 0 Å². The molecule has 2 bridgehead atoms. The second-order valence-electron chi connectivity index (χ2n) is 5.00. The van der Waals surface area contributed by atoms with E-state index in [1.165, 1.54) is 0 Å². The zero-order valence-corrected chi connectivity index (χ0v) is 10.2. The smallest absolute Gasteiger partial charge is 0.384 e. The lowest BCUT2D eigenvalue weighted by Gasteiger charge is -2.33. The molecule has 0 aromatic carbocycles. The molecule has 2 unspecified atom stereocenters. The van der Waals surface area contributed by atoms with Gasteiger partial charge in [-0.15, -0.1) is 0 Å². The maximum Gasteiger partial charge on any atom is 0.416 e. The van der Waals surface area contributed by atoms with E-state index in [-0.39, 0.29) is 23.8 Å². The Kier molecular flexibility index (Phi) is 2.81. The second kappa shape index (κ2) is 4.26. The van der Waals surface area contributed by atoms with Crippen LogP contribution in [0.2, 0.25) is 0 Å². The van der Waals surface area contributed by atoms with Crippen LogP contribution in [-0.4, -0.2) is 30.3 Å². The normalized spacial score (nSPS) is 26.8. The average molecular weight is 273 g/mol. The summed E-state index contributed by atoms with van der Waals surface area (Å²) in [5, 5.41) is 0. The summed E-state index contributed by atoms with van der Waals surface area (Å²) in [5.41, 5.74) is 4.72. The van der Waals surface area contributed by atoms with Crippen LogP contribution in [0.4, 0.5) is 24.8 Å². The zero-order chi connectivity index (χ0) is 13.6. The standard InChI is InChI=1S/C12H14F3N3O/c13-12(14,15)7-3-10(16)17-11(4-7)18-5-8-1-2-9(6-18)19-8/h3-4,8-9H,1-2,5-6H2,(H2,16,17). The van der Waals surface area contributed by atoms with Crippen LogP contribution in [0, 0.1) is 0 Å². The molecule has 2 aliphatic heterocycles. The summed E-state index contributed by atoms with van der Waals surface area (Å²) >= 11 is 0. The fraction of sp³-hybridized carbons (Fsp3) is 0.583. The number of morpholine rings is 1. The Hall–Kier alpha value is -1.50. The minimum Gasteiger partial charge on any atom is -0.384 e. The third-order valence-electron chi connectivity index (χ3n) is 3.53. The van der Waals surface area contributed by atoms with Gasteiger partial charge in [-0.05, 0) is 25.0 Å². The van der Waals surface area contributed by atoms with Gasteiger partial charge in [0.05, 0.1) is 17.8 Å². The average Bonchev–Trinajstić information content (AvgIpc) is 2.66. The summed E-state index contributed by atoms with van der Waals surface area (Å²) < 4.78 is 43.9. The van der Waals surface area contributed by atoms with Crippen molar-refractivity contribution in [2.24, 2.45) is 0 Å².